The van der Waals surface area contributed by atoms with Crippen LogP contribution in [-0.2, 0) is 4.79 Å². The summed E-state index contributed by atoms with van der Waals surface area (Å²) in [5.41, 5.74) is 2.26. The highest BCUT2D eigenvalue weighted by Crippen LogP contribution is 2.45. The molecular weight excluding hydrogens is 380 g/mol. The van der Waals surface area contributed by atoms with Crippen molar-refractivity contribution in [3.05, 3.63) is 59.7 Å². The van der Waals surface area contributed by atoms with Crippen molar-refractivity contribution in [3.63, 3.8) is 0 Å². The van der Waals surface area contributed by atoms with E-state index in [-0.39, 0.29) is 6.61 Å². The first-order valence-electron chi connectivity index (χ1n) is 8.67. The minimum atomic E-state index is -0.452. The van der Waals surface area contributed by atoms with Crippen LogP contribution in [0.3, 0.4) is 0 Å². The minimum absolute atomic E-state index is 0.185. The van der Waals surface area contributed by atoms with Crippen LogP contribution in [-0.4, -0.2) is 31.2 Å². The summed E-state index contributed by atoms with van der Waals surface area (Å²) in [6.07, 6.45) is 3.91. The van der Waals surface area contributed by atoms with Crippen LogP contribution in [0.1, 0.15) is 22.6 Å². The maximum atomic E-state index is 12.1. The molecule has 3 rings (SSSR count). The third kappa shape index (κ3) is 5.47. The predicted octanol–water partition coefficient (Wildman–Crippen LogP) is 5.19. The van der Waals surface area contributed by atoms with Crippen molar-refractivity contribution in [2.24, 2.45) is 0 Å². The van der Waals surface area contributed by atoms with Crippen molar-refractivity contribution < 1.29 is 19.0 Å². The topological polar surface area (TPSA) is 44.8 Å². The van der Waals surface area contributed by atoms with Crippen LogP contribution in [0.15, 0.2) is 48.5 Å². The first-order valence-corrected chi connectivity index (χ1v) is 10.8. The van der Waals surface area contributed by atoms with Gasteiger partial charge in [0.1, 0.15) is 5.75 Å². The number of ether oxygens (including phenoxy) is 3. The van der Waals surface area contributed by atoms with Gasteiger partial charge in [-0.3, -0.25) is 0 Å². The molecule has 4 nitrogen and oxygen atoms in total. The van der Waals surface area contributed by atoms with Crippen molar-refractivity contribution in [1.29, 1.82) is 0 Å². The van der Waals surface area contributed by atoms with Gasteiger partial charge in [-0.15, -0.1) is 23.5 Å². The largest absolute Gasteiger partial charge is 0.493 e. The molecule has 2 aromatic rings. The Labute approximate surface area is 168 Å². The molecule has 0 bridgehead atoms. The molecule has 0 saturated carbocycles. The molecule has 0 unspecified atom stereocenters. The fourth-order valence-electron chi connectivity index (χ4n) is 2.64. The third-order valence-electron chi connectivity index (χ3n) is 3.90. The number of carbonyl (C=O) groups excluding carboxylic acids is 1. The first-order chi connectivity index (χ1) is 13.2. The van der Waals surface area contributed by atoms with Gasteiger partial charge >= 0.3 is 5.97 Å². The summed E-state index contributed by atoms with van der Waals surface area (Å²) in [5, 5.41) is 0. The fraction of sp³-hybridized carbons (Fsp3) is 0.286. The van der Waals surface area contributed by atoms with Gasteiger partial charge in [-0.1, -0.05) is 30.4 Å². The molecule has 1 aliphatic rings. The summed E-state index contributed by atoms with van der Waals surface area (Å²) in [6.45, 7) is 1.76. The van der Waals surface area contributed by atoms with Gasteiger partial charge in [-0.25, -0.2) is 4.79 Å². The molecule has 0 spiro atoms. The van der Waals surface area contributed by atoms with Crippen molar-refractivity contribution in [3.8, 4) is 17.2 Å². The molecule has 0 atom stereocenters. The van der Waals surface area contributed by atoms with Crippen LogP contribution in [0, 0.1) is 0 Å². The molecule has 142 valence electrons. The molecule has 27 heavy (non-hydrogen) atoms. The van der Waals surface area contributed by atoms with Crippen molar-refractivity contribution in [1.82, 2.24) is 0 Å². The lowest BCUT2D eigenvalue weighted by Crippen LogP contribution is -2.18. The van der Waals surface area contributed by atoms with Crippen LogP contribution in [0.4, 0.5) is 0 Å². The van der Waals surface area contributed by atoms with E-state index in [4.69, 9.17) is 14.2 Å². The summed E-state index contributed by atoms with van der Waals surface area (Å²) < 4.78 is 16.7. The Morgan fingerprint density at radius 1 is 1.11 bits per heavy atom. The normalized spacial score (nSPS) is 14.4. The molecule has 6 heteroatoms. The summed E-state index contributed by atoms with van der Waals surface area (Å²) in [4.78, 5) is 12.1. The number of methoxy groups -OCH3 is 1. The lowest BCUT2D eigenvalue weighted by Gasteiger charge is -2.12. The first kappa shape index (κ1) is 19.7. The van der Waals surface area contributed by atoms with E-state index in [1.807, 2.05) is 79.0 Å². The Balaban J connectivity index is 1.55. The molecule has 0 radical (unpaired) electrons. The second-order valence-electron chi connectivity index (χ2n) is 5.82. The quantitative estimate of drug-likeness (QED) is 0.469. The predicted molar refractivity (Wildman–Crippen MR) is 113 cm³/mol. The van der Waals surface area contributed by atoms with Gasteiger partial charge < -0.3 is 14.2 Å². The highest BCUT2D eigenvalue weighted by molar-refractivity contribution is 8.19. The number of hydrogen-bond donors (Lipinski definition) is 0. The molecule has 1 fully saturated rings. The Bertz CT molecular complexity index is 796. The number of carbonyl (C=O) groups is 1. The number of allylic oxidation sites excluding steroid dienone is 1. The third-order valence-corrected chi connectivity index (χ3v) is 7.00. The number of rotatable bonds is 7. The Hall–Kier alpha value is -2.05. The number of thioether (sulfide) groups is 2. The van der Waals surface area contributed by atoms with Crippen LogP contribution in [0.25, 0.3) is 6.08 Å². The van der Waals surface area contributed by atoms with E-state index in [2.05, 4.69) is 0 Å². The lowest BCUT2D eigenvalue weighted by atomic mass is 10.2. The molecule has 1 heterocycles. The average Bonchev–Trinajstić information content (AvgIpc) is 3.22. The maximum Gasteiger partial charge on any atom is 0.349 e. The van der Waals surface area contributed by atoms with Gasteiger partial charge in [0.15, 0.2) is 18.1 Å². The Morgan fingerprint density at radius 3 is 2.52 bits per heavy atom. The summed E-state index contributed by atoms with van der Waals surface area (Å²) in [5.74, 6) is 3.52. The molecule has 0 aromatic heterocycles. The summed E-state index contributed by atoms with van der Waals surface area (Å²) >= 11 is 3.90. The van der Waals surface area contributed by atoms with E-state index in [0.717, 1.165) is 5.56 Å². The van der Waals surface area contributed by atoms with Gasteiger partial charge in [0.2, 0.25) is 0 Å². The fourth-order valence-corrected chi connectivity index (χ4v) is 5.50. The molecule has 0 amide bonds. The van der Waals surface area contributed by atoms with Crippen molar-refractivity contribution in [2.75, 3.05) is 25.2 Å². The smallest absolute Gasteiger partial charge is 0.349 e. The van der Waals surface area contributed by atoms with E-state index in [1.54, 1.807) is 13.2 Å². The van der Waals surface area contributed by atoms with Crippen molar-refractivity contribution in [2.45, 2.75) is 11.5 Å². The van der Waals surface area contributed by atoms with E-state index in [9.17, 15) is 4.79 Å². The zero-order valence-electron chi connectivity index (χ0n) is 15.3. The number of hydrogen-bond acceptors (Lipinski definition) is 6. The SMILES string of the molecule is C/C=C/c1ccc(OCC(=O)Oc2ccc(C3SCCS3)cc2)c(OC)c1. The Kier molecular flexibility index (Phi) is 7.12. The second-order valence-corrected chi connectivity index (χ2v) is 8.54. The van der Waals surface area contributed by atoms with Crippen molar-refractivity contribution >= 4 is 35.6 Å². The molecule has 1 saturated heterocycles. The van der Waals surface area contributed by atoms with Gasteiger partial charge in [0.25, 0.3) is 0 Å². The number of esters is 1. The lowest BCUT2D eigenvalue weighted by molar-refractivity contribution is -0.136. The molecular formula is C21H22O4S2. The van der Waals surface area contributed by atoms with Gasteiger partial charge in [-0.05, 0) is 42.3 Å². The van der Waals surface area contributed by atoms with Gasteiger partial charge in [-0.2, -0.15) is 0 Å². The monoisotopic (exact) mass is 402 g/mol. The van der Waals surface area contributed by atoms with E-state index in [0.29, 0.717) is 21.8 Å². The molecule has 2 aromatic carbocycles. The van der Waals surface area contributed by atoms with Crippen LogP contribution >= 0.6 is 23.5 Å². The summed E-state index contributed by atoms with van der Waals surface area (Å²) in [6, 6.07) is 13.2. The second kappa shape index (κ2) is 9.76. The zero-order valence-corrected chi connectivity index (χ0v) is 17.0. The zero-order chi connectivity index (χ0) is 19.1. The van der Waals surface area contributed by atoms with E-state index < -0.39 is 5.97 Å². The van der Waals surface area contributed by atoms with E-state index >= 15 is 0 Å². The summed E-state index contributed by atoms with van der Waals surface area (Å²) in [7, 11) is 1.57. The standard InChI is InChI=1S/C21H22O4S2/c1-3-4-15-5-10-18(19(13-15)23-2)24-14-20(22)25-17-8-6-16(7-9-17)21-26-11-12-27-21/h3-10,13,21H,11-12,14H2,1-2H3/b4-3+. The Morgan fingerprint density at radius 2 is 1.85 bits per heavy atom. The van der Waals surface area contributed by atoms with Crippen LogP contribution in [0.5, 0.6) is 17.2 Å². The minimum Gasteiger partial charge on any atom is -0.493 e. The van der Waals surface area contributed by atoms with Gasteiger partial charge in [0, 0.05) is 11.5 Å². The molecule has 0 aliphatic carbocycles. The van der Waals surface area contributed by atoms with E-state index in [1.165, 1.54) is 17.1 Å². The maximum absolute atomic E-state index is 12.1. The molecule has 1 aliphatic heterocycles. The average molecular weight is 403 g/mol. The van der Waals surface area contributed by atoms with Crippen LogP contribution < -0.4 is 14.2 Å². The van der Waals surface area contributed by atoms with Gasteiger partial charge in [0.05, 0.1) is 11.7 Å². The number of benzene rings is 2. The van der Waals surface area contributed by atoms with Crippen LogP contribution in [0.2, 0.25) is 0 Å². The highest BCUT2D eigenvalue weighted by Gasteiger charge is 2.18. The highest BCUT2D eigenvalue weighted by atomic mass is 32.2. The molecule has 0 N–H and O–H groups in total.